The summed E-state index contributed by atoms with van der Waals surface area (Å²) in [7, 11) is 0. The molecule has 1 saturated heterocycles. The molecule has 16 heavy (non-hydrogen) atoms. The average Bonchev–Trinajstić information content (AvgIpc) is 2.16. The minimum atomic E-state index is -4.60. The number of nitrogens with zero attached hydrogens (tertiary/aromatic N) is 1. The van der Waals surface area contributed by atoms with Gasteiger partial charge in [-0.05, 0) is 12.8 Å². The molecular weight excluding hydrogens is 252 g/mol. The number of likely N-dealkylation sites (tertiary alicyclic amines) is 1. The maximum absolute atomic E-state index is 12.7. The van der Waals surface area contributed by atoms with E-state index in [1.54, 1.807) is 0 Å². The zero-order valence-corrected chi connectivity index (χ0v) is 9.15. The van der Waals surface area contributed by atoms with E-state index in [1.165, 1.54) is 0 Å². The van der Waals surface area contributed by atoms with E-state index in [0.717, 1.165) is 0 Å². The number of carbonyl (C=O) groups is 1. The van der Waals surface area contributed by atoms with E-state index < -0.39 is 24.3 Å². The zero-order chi connectivity index (χ0) is 11.6. The lowest BCUT2D eigenvalue weighted by Gasteiger charge is -2.32. The molecule has 96 valence electrons. The summed E-state index contributed by atoms with van der Waals surface area (Å²) in [4.78, 5) is 11.8. The van der Waals surface area contributed by atoms with Gasteiger partial charge in [-0.3, -0.25) is 4.79 Å². The number of carbonyl (C=O) groups excluding carboxylic acids is 1. The van der Waals surface area contributed by atoms with Gasteiger partial charge in [-0.2, -0.15) is 8.78 Å². The predicted octanol–water partition coefficient (Wildman–Crippen LogP) is 1.26. The fourth-order valence-electron chi connectivity index (χ4n) is 1.50. The number of nitrogens with two attached hydrogens (primary N) is 1. The first-order valence-corrected chi connectivity index (χ1v) is 4.56. The van der Waals surface area contributed by atoms with Crippen LogP contribution in [0.25, 0.3) is 0 Å². The molecule has 3 nitrogen and oxygen atoms in total. The quantitative estimate of drug-likeness (QED) is 0.763. The molecule has 0 aliphatic carbocycles. The first-order chi connectivity index (χ1) is 6.85. The van der Waals surface area contributed by atoms with Crippen molar-refractivity contribution in [1.29, 1.82) is 0 Å². The number of hydrogen-bond acceptors (Lipinski definition) is 2. The largest absolute Gasteiger partial charge is 0.383 e. The molecule has 0 aromatic rings. The van der Waals surface area contributed by atoms with Gasteiger partial charge in [0.05, 0.1) is 0 Å². The Morgan fingerprint density at radius 3 is 2.44 bits per heavy atom. The van der Waals surface area contributed by atoms with Gasteiger partial charge in [0, 0.05) is 19.1 Å². The molecule has 0 radical (unpaired) electrons. The third kappa shape index (κ3) is 3.21. The van der Waals surface area contributed by atoms with Gasteiger partial charge in [-0.1, -0.05) is 0 Å². The summed E-state index contributed by atoms with van der Waals surface area (Å²) in [6, 6.07) is -0.406. The first-order valence-electron chi connectivity index (χ1n) is 4.56. The number of rotatable bonds is 2. The van der Waals surface area contributed by atoms with Crippen molar-refractivity contribution in [3.05, 3.63) is 0 Å². The Balaban J connectivity index is 0.00000225. The monoisotopic (exact) mass is 264 g/mol. The molecule has 2 N–H and O–H groups in total. The summed E-state index contributed by atoms with van der Waals surface area (Å²) in [6.45, 7) is -0.0179. The van der Waals surface area contributed by atoms with E-state index in [9.17, 15) is 22.4 Å². The molecule has 0 bridgehead atoms. The number of amides is 1. The molecule has 0 aromatic carbocycles. The minimum Gasteiger partial charge on any atom is -0.336 e. The normalized spacial score (nSPS) is 21.9. The lowest BCUT2D eigenvalue weighted by molar-refractivity contribution is -0.181. The lowest BCUT2D eigenvalue weighted by atomic mass is 10.1. The third-order valence-corrected chi connectivity index (χ3v) is 2.30. The molecule has 1 amide bonds. The summed E-state index contributed by atoms with van der Waals surface area (Å²) >= 11 is 0. The summed E-state index contributed by atoms with van der Waals surface area (Å²) in [5, 5.41) is 0. The summed E-state index contributed by atoms with van der Waals surface area (Å²) in [5.41, 5.74) is 5.46. The molecule has 0 aromatic heterocycles. The second-order valence-electron chi connectivity index (χ2n) is 3.58. The number of piperidine rings is 1. The Morgan fingerprint density at radius 1 is 1.44 bits per heavy atom. The van der Waals surface area contributed by atoms with Crippen molar-refractivity contribution in [2.24, 2.45) is 5.73 Å². The molecular formula is C8H13ClF4N2O. The van der Waals surface area contributed by atoms with Gasteiger partial charge in [-0.15, -0.1) is 12.4 Å². The number of alkyl halides is 4. The standard InChI is InChI=1S/C8H12F4N2O.ClH/c9-6(10)8(11,12)7(15)14-3-1-2-5(13)4-14;/h5-6H,1-4,13H2;1H. The van der Waals surface area contributed by atoms with E-state index in [-0.39, 0.29) is 25.5 Å². The van der Waals surface area contributed by atoms with Crippen LogP contribution in [-0.4, -0.2) is 42.3 Å². The lowest BCUT2D eigenvalue weighted by Crippen LogP contribution is -2.53. The van der Waals surface area contributed by atoms with Crippen LogP contribution in [0.2, 0.25) is 0 Å². The molecule has 1 aliphatic rings. The van der Waals surface area contributed by atoms with Crippen molar-refractivity contribution in [2.45, 2.75) is 31.2 Å². The van der Waals surface area contributed by atoms with Crippen LogP contribution < -0.4 is 5.73 Å². The molecule has 8 heteroatoms. The van der Waals surface area contributed by atoms with Crippen LogP contribution >= 0.6 is 12.4 Å². The molecule has 1 fully saturated rings. The Bertz CT molecular complexity index is 252. The topological polar surface area (TPSA) is 46.3 Å². The summed E-state index contributed by atoms with van der Waals surface area (Å²) in [6.07, 6.45) is -2.89. The molecule has 1 atom stereocenters. The number of halogens is 5. The van der Waals surface area contributed by atoms with Gasteiger partial charge < -0.3 is 10.6 Å². The van der Waals surface area contributed by atoms with Crippen LogP contribution in [-0.2, 0) is 4.79 Å². The van der Waals surface area contributed by atoms with E-state index in [2.05, 4.69) is 0 Å². The van der Waals surface area contributed by atoms with Gasteiger partial charge in [0.15, 0.2) is 0 Å². The van der Waals surface area contributed by atoms with Crippen LogP contribution in [0.5, 0.6) is 0 Å². The van der Waals surface area contributed by atoms with Gasteiger partial charge in [0.2, 0.25) is 0 Å². The zero-order valence-electron chi connectivity index (χ0n) is 8.34. The highest BCUT2D eigenvalue weighted by atomic mass is 35.5. The van der Waals surface area contributed by atoms with Crippen molar-refractivity contribution in [2.75, 3.05) is 13.1 Å². The second kappa shape index (κ2) is 5.67. The fraction of sp³-hybridized carbons (Fsp3) is 0.875. The molecule has 1 aliphatic heterocycles. The van der Waals surface area contributed by atoms with E-state index in [1.807, 2.05) is 0 Å². The Labute approximate surface area is 96.4 Å². The minimum absolute atomic E-state index is 0. The number of hydrogen-bond donors (Lipinski definition) is 1. The molecule has 1 rings (SSSR count). The highest BCUT2D eigenvalue weighted by Crippen LogP contribution is 2.26. The fourth-order valence-corrected chi connectivity index (χ4v) is 1.50. The molecule has 0 spiro atoms. The van der Waals surface area contributed by atoms with E-state index in [4.69, 9.17) is 5.73 Å². The van der Waals surface area contributed by atoms with Crippen LogP contribution in [0.3, 0.4) is 0 Å². The summed E-state index contributed by atoms with van der Waals surface area (Å²) in [5.74, 6) is -6.43. The Hall–Kier alpha value is -0.560. The average molecular weight is 265 g/mol. The van der Waals surface area contributed by atoms with E-state index in [0.29, 0.717) is 17.7 Å². The van der Waals surface area contributed by atoms with Crippen LogP contribution in [0.15, 0.2) is 0 Å². The van der Waals surface area contributed by atoms with E-state index >= 15 is 0 Å². The highest BCUT2D eigenvalue weighted by Gasteiger charge is 2.51. The van der Waals surface area contributed by atoms with Crippen molar-refractivity contribution < 1.29 is 22.4 Å². The maximum Gasteiger partial charge on any atom is 0.383 e. The smallest absolute Gasteiger partial charge is 0.336 e. The van der Waals surface area contributed by atoms with Crippen LogP contribution in [0.1, 0.15) is 12.8 Å². The molecule has 0 saturated carbocycles. The van der Waals surface area contributed by atoms with Gasteiger partial charge in [0.1, 0.15) is 0 Å². The van der Waals surface area contributed by atoms with Crippen molar-refractivity contribution in [3.63, 3.8) is 0 Å². The Morgan fingerprint density at radius 2 is 2.00 bits per heavy atom. The highest BCUT2D eigenvalue weighted by molar-refractivity contribution is 5.85. The van der Waals surface area contributed by atoms with Crippen molar-refractivity contribution >= 4 is 18.3 Å². The molecule has 1 heterocycles. The van der Waals surface area contributed by atoms with Gasteiger partial charge >= 0.3 is 12.3 Å². The SMILES string of the molecule is Cl.NC1CCCN(C(=O)C(F)(F)C(F)F)C1. The van der Waals surface area contributed by atoms with Crippen molar-refractivity contribution in [3.8, 4) is 0 Å². The Kier molecular flexibility index (Phi) is 5.48. The second-order valence-corrected chi connectivity index (χ2v) is 3.58. The summed E-state index contributed by atoms with van der Waals surface area (Å²) < 4.78 is 49.1. The van der Waals surface area contributed by atoms with Gasteiger partial charge in [0.25, 0.3) is 5.91 Å². The van der Waals surface area contributed by atoms with Gasteiger partial charge in [-0.25, -0.2) is 8.78 Å². The van der Waals surface area contributed by atoms with Crippen LogP contribution in [0.4, 0.5) is 17.6 Å². The first kappa shape index (κ1) is 15.4. The van der Waals surface area contributed by atoms with Crippen LogP contribution in [0, 0.1) is 0 Å². The molecule has 1 unspecified atom stereocenters. The predicted molar refractivity (Wildman–Crippen MR) is 52.0 cm³/mol. The maximum atomic E-state index is 12.7. The van der Waals surface area contributed by atoms with Crippen molar-refractivity contribution in [1.82, 2.24) is 4.90 Å². The third-order valence-electron chi connectivity index (χ3n) is 2.30.